The number of carbonyl (C=O) groups excluding carboxylic acids is 2. The number of nitrogens with one attached hydrogen (secondary N) is 1. The van der Waals surface area contributed by atoms with E-state index in [0.717, 1.165) is 16.7 Å². The average molecular weight is 365 g/mol. The summed E-state index contributed by atoms with van der Waals surface area (Å²) in [5.74, 6) is -0.457. The van der Waals surface area contributed by atoms with Gasteiger partial charge in [-0.3, -0.25) is 9.59 Å². The molecule has 0 bridgehead atoms. The van der Waals surface area contributed by atoms with Crippen molar-refractivity contribution in [1.29, 1.82) is 5.26 Å². The number of aryl methyl sites for hydroxylation is 2. The molecule has 1 N–H and O–H groups in total. The number of hydrogen-bond acceptors (Lipinski definition) is 3. The van der Waals surface area contributed by atoms with Gasteiger partial charge < -0.3 is 5.32 Å². The van der Waals surface area contributed by atoms with Crippen LogP contribution in [0.2, 0.25) is 0 Å². The van der Waals surface area contributed by atoms with Gasteiger partial charge in [0.25, 0.3) is 5.91 Å². The third kappa shape index (κ3) is 2.71. The van der Waals surface area contributed by atoms with Gasteiger partial charge in [0, 0.05) is 6.42 Å². The largest absolute Gasteiger partial charge is 0.321 e. The Labute approximate surface area is 162 Å². The number of fused-ring (bicyclic) bond motifs is 1. The highest BCUT2D eigenvalue weighted by atomic mass is 16.2. The molecule has 0 spiro atoms. The third-order valence-electron chi connectivity index (χ3n) is 4.92. The number of hydrogen-bond donors (Lipinski definition) is 1. The molecule has 1 heterocycles. The normalized spacial score (nSPS) is 15.4. The molecular weight excluding hydrogens is 350 g/mol. The van der Waals surface area contributed by atoms with Crippen LogP contribution in [0.5, 0.6) is 0 Å². The molecule has 2 aliphatic rings. The van der Waals surface area contributed by atoms with Gasteiger partial charge in [-0.15, -0.1) is 0 Å². The Hall–Kier alpha value is -3.96. The molecule has 28 heavy (non-hydrogen) atoms. The number of nitrogens with zero attached hydrogens (tertiary/aromatic N) is 2. The van der Waals surface area contributed by atoms with Gasteiger partial charge in [0.1, 0.15) is 0 Å². The molecule has 1 aliphatic carbocycles. The van der Waals surface area contributed by atoms with Crippen LogP contribution in [-0.4, -0.2) is 11.7 Å². The zero-order chi connectivity index (χ0) is 20.0. The third-order valence-corrected chi connectivity index (χ3v) is 4.92. The molecule has 0 saturated carbocycles. The lowest BCUT2D eigenvalue weighted by atomic mass is 9.97. The van der Waals surface area contributed by atoms with E-state index in [4.69, 9.17) is 6.57 Å². The monoisotopic (exact) mass is 365 g/mol. The van der Waals surface area contributed by atoms with E-state index < -0.39 is 0 Å². The number of Topliss-reactive ketones (excluding diaryl/α,β-unsaturated/α-hetero) is 1. The number of carbonyl (C=O) groups is 2. The fourth-order valence-electron chi connectivity index (χ4n) is 3.84. The van der Waals surface area contributed by atoms with E-state index >= 15 is 0 Å². The van der Waals surface area contributed by atoms with Crippen molar-refractivity contribution in [2.75, 3.05) is 0 Å². The summed E-state index contributed by atoms with van der Waals surface area (Å²) < 4.78 is 0. The summed E-state index contributed by atoms with van der Waals surface area (Å²) in [4.78, 5) is 29.1. The van der Waals surface area contributed by atoms with E-state index in [0.29, 0.717) is 39.2 Å². The van der Waals surface area contributed by atoms with Crippen LogP contribution in [0, 0.1) is 31.8 Å². The molecule has 1 amide bonds. The Morgan fingerprint density at radius 1 is 1.00 bits per heavy atom. The smallest absolute Gasteiger partial charge is 0.256 e. The topological polar surface area (TPSA) is 74.3 Å². The number of ketones is 1. The van der Waals surface area contributed by atoms with Crippen molar-refractivity contribution < 1.29 is 9.59 Å². The second kappa shape index (κ2) is 6.33. The van der Waals surface area contributed by atoms with Crippen molar-refractivity contribution >= 4 is 28.6 Å². The van der Waals surface area contributed by atoms with Crippen LogP contribution in [0.15, 0.2) is 47.5 Å². The second-order valence-electron chi connectivity index (χ2n) is 7.03. The van der Waals surface area contributed by atoms with E-state index in [1.807, 2.05) is 26.0 Å². The second-order valence-corrected chi connectivity index (χ2v) is 7.03. The summed E-state index contributed by atoms with van der Waals surface area (Å²) in [6.45, 7) is 11.0. The summed E-state index contributed by atoms with van der Waals surface area (Å²) in [5.41, 5.74) is 5.95. The molecule has 5 nitrogen and oxygen atoms in total. The van der Waals surface area contributed by atoms with Gasteiger partial charge in [-0.1, -0.05) is 23.8 Å². The van der Waals surface area contributed by atoms with Crippen molar-refractivity contribution in [2.24, 2.45) is 0 Å². The minimum atomic E-state index is -0.322. The molecule has 0 radical (unpaired) electrons. The highest BCUT2D eigenvalue weighted by molar-refractivity contribution is 6.31. The van der Waals surface area contributed by atoms with E-state index in [2.05, 4.69) is 16.2 Å². The Bertz CT molecular complexity index is 1140. The molecule has 0 aromatic heterocycles. The van der Waals surface area contributed by atoms with Crippen molar-refractivity contribution in [1.82, 2.24) is 5.32 Å². The predicted octanol–water partition coefficient (Wildman–Crippen LogP) is 3.99. The molecule has 4 rings (SSSR count). The molecule has 2 aromatic carbocycles. The Morgan fingerprint density at radius 2 is 1.71 bits per heavy atom. The minimum Gasteiger partial charge on any atom is -0.321 e. The first-order valence-electron chi connectivity index (χ1n) is 8.75. The maximum absolute atomic E-state index is 12.8. The predicted molar refractivity (Wildman–Crippen MR) is 105 cm³/mol. The first-order chi connectivity index (χ1) is 13.4. The summed E-state index contributed by atoms with van der Waals surface area (Å²) in [7, 11) is 0. The number of nitriles is 1. The summed E-state index contributed by atoms with van der Waals surface area (Å²) >= 11 is 0. The Kier molecular flexibility index (Phi) is 3.95. The standard InChI is InChI=1S/C23H15N3O2/c1-12-4-14(11-24)8-15(5-12)18-10-19(27)21-20(18)23(28)26-22(21)16-6-13(2)7-17(9-16)25-3/h4-9H,10H2,1-2H3,(H,26,28). The number of rotatable bonds is 2. The van der Waals surface area contributed by atoms with Gasteiger partial charge in [0.15, 0.2) is 11.5 Å². The number of benzene rings is 2. The zero-order valence-corrected chi connectivity index (χ0v) is 15.4. The number of amides is 1. The Balaban J connectivity index is 1.94. The molecule has 0 fully saturated rings. The van der Waals surface area contributed by atoms with Crippen LogP contribution in [0.3, 0.4) is 0 Å². The fourth-order valence-corrected chi connectivity index (χ4v) is 3.84. The Morgan fingerprint density at radius 3 is 2.43 bits per heavy atom. The molecule has 134 valence electrons. The van der Waals surface area contributed by atoms with Crippen LogP contribution < -0.4 is 5.32 Å². The summed E-state index contributed by atoms with van der Waals surface area (Å²) in [5, 5.41) is 12.1. The first kappa shape index (κ1) is 17.5. The lowest BCUT2D eigenvalue weighted by molar-refractivity contribution is -0.116. The molecule has 0 unspecified atom stereocenters. The van der Waals surface area contributed by atoms with Crippen molar-refractivity contribution in [3.05, 3.63) is 86.8 Å². The first-order valence-corrected chi connectivity index (χ1v) is 8.75. The van der Waals surface area contributed by atoms with Gasteiger partial charge in [-0.05, 0) is 54.3 Å². The van der Waals surface area contributed by atoms with Gasteiger partial charge in [-0.2, -0.15) is 5.26 Å². The summed E-state index contributed by atoms with van der Waals surface area (Å²) in [6.07, 6.45) is 0.122. The van der Waals surface area contributed by atoms with E-state index in [-0.39, 0.29) is 18.1 Å². The van der Waals surface area contributed by atoms with Crippen LogP contribution in [-0.2, 0) is 9.59 Å². The fraction of sp³-hybridized carbons (Fsp3) is 0.130. The van der Waals surface area contributed by atoms with E-state index in [1.165, 1.54) is 0 Å². The van der Waals surface area contributed by atoms with Gasteiger partial charge >= 0.3 is 0 Å². The summed E-state index contributed by atoms with van der Waals surface area (Å²) in [6, 6.07) is 12.8. The molecule has 2 aromatic rings. The maximum atomic E-state index is 12.8. The van der Waals surface area contributed by atoms with E-state index in [1.54, 1.807) is 24.3 Å². The van der Waals surface area contributed by atoms with Gasteiger partial charge in [0.2, 0.25) is 0 Å². The lowest BCUT2D eigenvalue weighted by Crippen LogP contribution is -2.16. The van der Waals surface area contributed by atoms with Crippen molar-refractivity contribution in [3.8, 4) is 6.07 Å². The van der Waals surface area contributed by atoms with E-state index in [9.17, 15) is 14.9 Å². The zero-order valence-electron chi connectivity index (χ0n) is 15.4. The van der Waals surface area contributed by atoms with Gasteiger partial charge in [-0.25, -0.2) is 4.85 Å². The highest BCUT2D eigenvalue weighted by Gasteiger charge is 2.40. The van der Waals surface area contributed by atoms with Crippen LogP contribution in [0.4, 0.5) is 5.69 Å². The maximum Gasteiger partial charge on any atom is 0.256 e. The molecule has 0 atom stereocenters. The van der Waals surface area contributed by atoms with Crippen molar-refractivity contribution in [2.45, 2.75) is 20.3 Å². The van der Waals surface area contributed by atoms with Crippen LogP contribution >= 0.6 is 0 Å². The molecule has 0 saturated heterocycles. The molecule has 1 aliphatic heterocycles. The highest BCUT2D eigenvalue weighted by Crippen LogP contribution is 2.43. The quantitative estimate of drug-likeness (QED) is 0.818. The van der Waals surface area contributed by atoms with Crippen molar-refractivity contribution in [3.63, 3.8) is 0 Å². The molecule has 5 heteroatoms. The lowest BCUT2D eigenvalue weighted by Gasteiger charge is -2.08. The van der Waals surface area contributed by atoms with Gasteiger partial charge in [0.05, 0.1) is 35.0 Å². The minimum absolute atomic E-state index is 0.122. The van der Waals surface area contributed by atoms with Crippen LogP contribution in [0.25, 0.3) is 16.1 Å². The van der Waals surface area contributed by atoms with Crippen LogP contribution in [0.1, 0.15) is 34.2 Å². The number of allylic oxidation sites excluding steroid dienone is 1. The average Bonchev–Trinajstić information content (AvgIpc) is 3.19. The SMILES string of the molecule is [C-]#[N+]c1cc(C)cc(C2=C3C(=O)CC(c4cc(C)cc(C#N)c4)=C3C(=O)N2)c1. The molecular formula is C23H15N3O2.